The van der Waals surface area contributed by atoms with Crippen molar-refractivity contribution in [2.24, 2.45) is 5.73 Å². The van der Waals surface area contributed by atoms with Gasteiger partial charge >= 0.3 is 0 Å². The maximum Gasteiger partial charge on any atom is 0.131 e. The number of fused-ring (bicyclic) bond motifs is 1. The quantitative estimate of drug-likeness (QED) is 0.735. The van der Waals surface area contributed by atoms with Crippen molar-refractivity contribution in [1.29, 1.82) is 0 Å². The zero-order valence-electron chi connectivity index (χ0n) is 12.6. The SMILES string of the molecule is NCCc1c(OCc2c(F)cccc2Cl)ccc2ccccc12. The number of ether oxygens (including phenoxy) is 1. The van der Waals surface area contributed by atoms with Gasteiger partial charge in [0.1, 0.15) is 18.2 Å². The number of benzene rings is 3. The lowest BCUT2D eigenvalue weighted by molar-refractivity contribution is 0.297. The highest BCUT2D eigenvalue weighted by molar-refractivity contribution is 6.31. The highest BCUT2D eigenvalue weighted by Gasteiger charge is 2.11. The van der Waals surface area contributed by atoms with Crippen molar-refractivity contribution >= 4 is 22.4 Å². The molecule has 0 radical (unpaired) electrons. The summed E-state index contributed by atoms with van der Waals surface area (Å²) in [6.45, 7) is 0.603. The lowest BCUT2D eigenvalue weighted by Crippen LogP contribution is -2.07. The smallest absolute Gasteiger partial charge is 0.131 e. The number of hydrogen-bond acceptors (Lipinski definition) is 2. The largest absolute Gasteiger partial charge is 0.488 e. The van der Waals surface area contributed by atoms with Crippen molar-refractivity contribution in [3.05, 3.63) is 76.6 Å². The Balaban J connectivity index is 1.95. The molecule has 3 rings (SSSR count). The van der Waals surface area contributed by atoms with Gasteiger partial charge in [0, 0.05) is 11.1 Å². The van der Waals surface area contributed by atoms with Crippen LogP contribution in [0.5, 0.6) is 5.75 Å². The van der Waals surface area contributed by atoms with Crippen LogP contribution in [-0.4, -0.2) is 6.54 Å². The van der Waals surface area contributed by atoms with Gasteiger partial charge in [-0.05, 0) is 41.9 Å². The molecule has 2 nitrogen and oxygen atoms in total. The van der Waals surface area contributed by atoms with Crippen LogP contribution in [0.3, 0.4) is 0 Å². The van der Waals surface area contributed by atoms with Gasteiger partial charge in [-0.25, -0.2) is 4.39 Å². The van der Waals surface area contributed by atoms with Crippen LogP contribution >= 0.6 is 11.6 Å². The lowest BCUT2D eigenvalue weighted by atomic mass is 10.0. The number of nitrogens with two attached hydrogens (primary N) is 1. The molecule has 0 heterocycles. The first-order chi connectivity index (χ1) is 11.2. The topological polar surface area (TPSA) is 35.2 Å². The van der Waals surface area contributed by atoms with E-state index in [0.29, 0.717) is 29.3 Å². The Morgan fingerprint density at radius 1 is 0.957 bits per heavy atom. The van der Waals surface area contributed by atoms with E-state index in [4.69, 9.17) is 22.1 Å². The van der Waals surface area contributed by atoms with Gasteiger partial charge in [0.25, 0.3) is 0 Å². The fraction of sp³-hybridized carbons (Fsp3) is 0.158. The maximum atomic E-state index is 13.9. The van der Waals surface area contributed by atoms with E-state index in [1.165, 1.54) is 6.07 Å². The van der Waals surface area contributed by atoms with Crippen LogP contribution in [0.25, 0.3) is 10.8 Å². The molecule has 0 amide bonds. The van der Waals surface area contributed by atoms with Crippen LogP contribution in [-0.2, 0) is 13.0 Å². The van der Waals surface area contributed by atoms with Gasteiger partial charge in [-0.1, -0.05) is 48.0 Å². The Morgan fingerprint density at radius 2 is 1.78 bits per heavy atom. The van der Waals surface area contributed by atoms with Crippen molar-refractivity contribution < 1.29 is 9.13 Å². The summed E-state index contributed by atoms with van der Waals surface area (Å²) in [5, 5.41) is 2.61. The molecule has 3 aromatic carbocycles. The van der Waals surface area contributed by atoms with E-state index in [1.807, 2.05) is 36.4 Å². The summed E-state index contributed by atoms with van der Waals surface area (Å²) >= 11 is 6.05. The van der Waals surface area contributed by atoms with Crippen LogP contribution in [0, 0.1) is 5.82 Å². The molecule has 4 heteroatoms. The molecule has 3 aromatic rings. The van der Waals surface area contributed by atoms with E-state index < -0.39 is 0 Å². The summed E-state index contributed by atoms with van der Waals surface area (Å²) in [4.78, 5) is 0. The van der Waals surface area contributed by atoms with Crippen LogP contribution in [0.2, 0.25) is 5.02 Å². The number of hydrogen-bond donors (Lipinski definition) is 1. The molecule has 0 aliphatic carbocycles. The zero-order chi connectivity index (χ0) is 16.2. The van der Waals surface area contributed by atoms with Crippen LogP contribution in [0.1, 0.15) is 11.1 Å². The summed E-state index contributed by atoms with van der Waals surface area (Å²) in [5.74, 6) is 0.354. The second-order valence-corrected chi connectivity index (χ2v) is 5.70. The first-order valence-electron chi connectivity index (χ1n) is 7.47. The van der Waals surface area contributed by atoms with Gasteiger partial charge < -0.3 is 10.5 Å². The van der Waals surface area contributed by atoms with E-state index in [0.717, 1.165) is 16.3 Å². The van der Waals surface area contributed by atoms with Gasteiger partial charge in [0.15, 0.2) is 0 Å². The van der Waals surface area contributed by atoms with E-state index in [-0.39, 0.29) is 12.4 Å². The highest BCUT2D eigenvalue weighted by Crippen LogP contribution is 2.30. The standard InChI is InChI=1S/C19H17ClFNO/c20-17-6-3-7-18(21)16(17)12-23-19-9-8-13-4-1-2-5-14(13)15(19)10-11-22/h1-9H,10-12,22H2. The fourth-order valence-corrected chi connectivity index (χ4v) is 2.89. The zero-order valence-corrected chi connectivity index (χ0v) is 13.3. The average molecular weight is 330 g/mol. The van der Waals surface area contributed by atoms with Gasteiger partial charge in [0.2, 0.25) is 0 Å². The Hall–Kier alpha value is -2.10. The van der Waals surface area contributed by atoms with Gasteiger partial charge in [-0.2, -0.15) is 0 Å². The molecule has 0 bridgehead atoms. The summed E-state index contributed by atoms with van der Waals surface area (Å²) in [7, 11) is 0. The Morgan fingerprint density at radius 3 is 2.57 bits per heavy atom. The number of halogens is 2. The highest BCUT2D eigenvalue weighted by atomic mass is 35.5. The third-order valence-electron chi connectivity index (χ3n) is 3.83. The minimum absolute atomic E-state index is 0.0847. The molecular weight excluding hydrogens is 313 g/mol. The first-order valence-corrected chi connectivity index (χ1v) is 7.85. The molecule has 0 aromatic heterocycles. The molecule has 0 aliphatic rings. The van der Waals surface area contributed by atoms with E-state index >= 15 is 0 Å². The normalized spacial score (nSPS) is 10.9. The van der Waals surface area contributed by atoms with E-state index in [1.54, 1.807) is 12.1 Å². The minimum Gasteiger partial charge on any atom is -0.488 e. The molecule has 0 saturated carbocycles. The van der Waals surface area contributed by atoms with Gasteiger partial charge in [-0.3, -0.25) is 0 Å². The van der Waals surface area contributed by atoms with Crippen molar-refractivity contribution in [3.63, 3.8) is 0 Å². The van der Waals surface area contributed by atoms with Gasteiger partial charge in [0.05, 0.1) is 5.02 Å². The first kappa shape index (κ1) is 15.8. The van der Waals surface area contributed by atoms with E-state index in [2.05, 4.69) is 0 Å². The maximum absolute atomic E-state index is 13.9. The van der Waals surface area contributed by atoms with Crippen LogP contribution in [0.15, 0.2) is 54.6 Å². The molecule has 23 heavy (non-hydrogen) atoms. The van der Waals surface area contributed by atoms with Crippen molar-refractivity contribution in [2.45, 2.75) is 13.0 Å². The van der Waals surface area contributed by atoms with E-state index in [9.17, 15) is 4.39 Å². The second-order valence-electron chi connectivity index (χ2n) is 5.29. The summed E-state index contributed by atoms with van der Waals surface area (Å²) in [5.41, 5.74) is 7.14. The molecular formula is C19H17ClFNO. The van der Waals surface area contributed by atoms with Crippen molar-refractivity contribution in [2.75, 3.05) is 6.54 Å². The second kappa shape index (κ2) is 6.99. The Labute approximate surface area is 139 Å². The fourth-order valence-electron chi connectivity index (χ4n) is 2.67. The van der Waals surface area contributed by atoms with Crippen LogP contribution < -0.4 is 10.5 Å². The molecule has 2 N–H and O–H groups in total. The molecule has 0 aliphatic heterocycles. The van der Waals surface area contributed by atoms with Crippen LogP contribution in [0.4, 0.5) is 4.39 Å². The summed E-state index contributed by atoms with van der Waals surface area (Å²) < 4.78 is 19.7. The molecule has 0 fully saturated rings. The van der Waals surface area contributed by atoms with Crippen molar-refractivity contribution in [1.82, 2.24) is 0 Å². The summed E-state index contributed by atoms with van der Waals surface area (Å²) in [6.07, 6.45) is 0.696. The average Bonchev–Trinajstić information content (AvgIpc) is 2.56. The summed E-state index contributed by atoms with van der Waals surface area (Å²) in [6, 6.07) is 16.6. The number of rotatable bonds is 5. The minimum atomic E-state index is -0.362. The molecule has 0 unspecified atom stereocenters. The monoisotopic (exact) mass is 329 g/mol. The predicted molar refractivity (Wildman–Crippen MR) is 92.4 cm³/mol. The van der Waals surface area contributed by atoms with Gasteiger partial charge in [-0.15, -0.1) is 0 Å². The molecule has 0 atom stereocenters. The Bertz CT molecular complexity index is 814. The Kier molecular flexibility index (Phi) is 4.79. The lowest BCUT2D eigenvalue weighted by Gasteiger charge is -2.15. The molecule has 118 valence electrons. The van der Waals surface area contributed by atoms with Crippen molar-refractivity contribution in [3.8, 4) is 5.75 Å². The molecule has 0 saturated heterocycles. The third-order valence-corrected chi connectivity index (χ3v) is 4.18. The third kappa shape index (κ3) is 3.31. The predicted octanol–water partition coefficient (Wildman–Crippen LogP) is 4.71. The molecule has 0 spiro atoms.